The molecular formula is C20H21F3N6O2. The molecule has 1 unspecified atom stereocenters. The van der Waals surface area contributed by atoms with Crippen molar-refractivity contribution in [3.05, 3.63) is 36.8 Å². The van der Waals surface area contributed by atoms with Crippen LogP contribution in [0.3, 0.4) is 0 Å². The van der Waals surface area contributed by atoms with Gasteiger partial charge < -0.3 is 14.5 Å². The zero-order valence-corrected chi connectivity index (χ0v) is 17.0. The van der Waals surface area contributed by atoms with Gasteiger partial charge in [0.25, 0.3) is 0 Å². The average Bonchev–Trinajstić information content (AvgIpc) is 3.38. The third-order valence-corrected chi connectivity index (χ3v) is 5.39. The van der Waals surface area contributed by atoms with Gasteiger partial charge in [-0.25, -0.2) is 14.5 Å². The lowest BCUT2D eigenvalue weighted by Gasteiger charge is -2.25. The van der Waals surface area contributed by atoms with Gasteiger partial charge in [0.05, 0.1) is 24.9 Å². The van der Waals surface area contributed by atoms with E-state index in [4.69, 9.17) is 9.72 Å². The molecule has 0 aliphatic carbocycles. The van der Waals surface area contributed by atoms with E-state index in [0.29, 0.717) is 36.9 Å². The summed E-state index contributed by atoms with van der Waals surface area (Å²) >= 11 is 0. The minimum absolute atomic E-state index is 0.310. The first-order valence-corrected chi connectivity index (χ1v) is 9.68. The SMILES string of the molecule is COc1ncccc1-c1cnn2ccc(N3CCC(N(C)C(=O)CC(F)(F)F)C3)nc12. The zero-order chi connectivity index (χ0) is 22.2. The third kappa shape index (κ3) is 4.25. The number of rotatable bonds is 5. The van der Waals surface area contributed by atoms with Crippen molar-refractivity contribution < 1.29 is 22.7 Å². The Bertz CT molecular complexity index is 1100. The molecular weight excluding hydrogens is 413 g/mol. The number of alkyl halides is 3. The second kappa shape index (κ2) is 8.05. The summed E-state index contributed by atoms with van der Waals surface area (Å²) in [6.45, 7) is 0.986. The Kier molecular flexibility index (Phi) is 5.42. The molecule has 8 nitrogen and oxygen atoms in total. The van der Waals surface area contributed by atoms with E-state index in [-0.39, 0.29) is 6.04 Å². The predicted octanol–water partition coefficient (Wildman–Crippen LogP) is 2.79. The molecule has 1 atom stereocenters. The standard InChI is InChI=1S/C20H21F3N6O2/c1-27(17(30)10-20(21,22)23)13-5-8-28(12-13)16-6-9-29-18(26-16)15(11-25-29)14-4-3-7-24-19(14)31-2/h3-4,6-7,9,11,13H,5,8,10,12H2,1-2H3. The molecule has 11 heteroatoms. The van der Waals surface area contributed by atoms with Crippen LogP contribution < -0.4 is 9.64 Å². The van der Waals surface area contributed by atoms with Crippen LogP contribution in [0.2, 0.25) is 0 Å². The lowest BCUT2D eigenvalue weighted by molar-refractivity contribution is -0.161. The van der Waals surface area contributed by atoms with Crippen LogP contribution in [-0.4, -0.2) is 69.9 Å². The van der Waals surface area contributed by atoms with Gasteiger partial charge in [-0.2, -0.15) is 18.3 Å². The fraction of sp³-hybridized carbons (Fsp3) is 0.400. The number of hydrogen-bond acceptors (Lipinski definition) is 6. The van der Waals surface area contributed by atoms with Crippen molar-refractivity contribution in [3.63, 3.8) is 0 Å². The van der Waals surface area contributed by atoms with Gasteiger partial charge in [-0.1, -0.05) is 0 Å². The van der Waals surface area contributed by atoms with E-state index in [2.05, 4.69) is 10.1 Å². The van der Waals surface area contributed by atoms with Crippen LogP contribution >= 0.6 is 0 Å². The number of nitrogens with zero attached hydrogens (tertiary/aromatic N) is 6. The molecule has 4 heterocycles. The Balaban J connectivity index is 1.56. The topological polar surface area (TPSA) is 75.9 Å². The van der Waals surface area contributed by atoms with Gasteiger partial charge in [-0.15, -0.1) is 0 Å². The molecule has 1 saturated heterocycles. The quantitative estimate of drug-likeness (QED) is 0.615. The maximum Gasteiger partial charge on any atom is 0.397 e. The second-order valence-corrected chi connectivity index (χ2v) is 7.36. The van der Waals surface area contributed by atoms with Gasteiger partial charge in [-0.3, -0.25) is 4.79 Å². The summed E-state index contributed by atoms with van der Waals surface area (Å²) in [5, 5.41) is 4.33. The molecule has 1 fully saturated rings. The average molecular weight is 434 g/mol. The van der Waals surface area contributed by atoms with Crippen molar-refractivity contribution in [3.8, 4) is 17.0 Å². The van der Waals surface area contributed by atoms with Crippen LogP contribution in [0.4, 0.5) is 19.0 Å². The van der Waals surface area contributed by atoms with Crippen molar-refractivity contribution in [2.75, 3.05) is 32.1 Å². The fourth-order valence-electron chi connectivity index (χ4n) is 3.75. The highest BCUT2D eigenvalue weighted by molar-refractivity contribution is 5.80. The van der Waals surface area contributed by atoms with E-state index < -0.39 is 18.5 Å². The Hall–Kier alpha value is -3.37. The van der Waals surface area contributed by atoms with E-state index in [1.54, 1.807) is 35.2 Å². The number of methoxy groups -OCH3 is 1. The van der Waals surface area contributed by atoms with Crippen LogP contribution in [0.5, 0.6) is 5.88 Å². The summed E-state index contributed by atoms with van der Waals surface area (Å²) in [6.07, 6.45) is -0.306. The molecule has 1 amide bonds. The molecule has 164 valence electrons. The maximum atomic E-state index is 12.6. The van der Waals surface area contributed by atoms with E-state index in [9.17, 15) is 18.0 Å². The Morgan fingerprint density at radius 3 is 2.87 bits per heavy atom. The first kappa shape index (κ1) is 20.9. The van der Waals surface area contributed by atoms with Crippen LogP contribution in [0.1, 0.15) is 12.8 Å². The number of likely N-dealkylation sites (N-methyl/N-ethyl adjacent to an activating group) is 1. The molecule has 0 saturated carbocycles. The van der Waals surface area contributed by atoms with E-state index in [0.717, 1.165) is 11.1 Å². The summed E-state index contributed by atoms with van der Waals surface area (Å²) in [4.78, 5) is 24.0. The molecule has 1 aliphatic heterocycles. The molecule has 3 aromatic rings. The number of anilines is 1. The number of hydrogen-bond donors (Lipinski definition) is 0. The molecule has 0 radical (unpaired) electrons. The minimum atomic E-state index is -4.51. The summed E-state index contributed by atoms with van der Waals surface area (Å²) in [5.41, 5.74) is 2.11. The van der Waals surface area contributed by atoms with Gasteiger partial charge in [0.1, 0.15) is 12.2 Å². The van der Waals surface area contributed by atoms with E-state index in [1.807, 2.05) is 11.0 Å². The number of fused-ring (bicyclic) bond motifs is 1. The molecule has 0 bridgehead atoms. The smallest absolute Gasteiger partial charge is 0.397 e. The summed E-state index contributed by atoms with van der Waals surface area (Å²) in [6, 6.07) is 5.15. The highest BCUT2D eigenvalue weighted by Gasteiger charge is 2.36. The molecule has 3 aromatic heterocycles. The normalized spacial score (nSPS) is 16.7. The number of halogens is 3. The van der Waals surface area contributed by atoms with Crippen molar-refractivity contribution in [1.29, 1.82) is 0 Å². The van der Waals surface area contributed by atoms with Gasteiger partial charge in [0.15, 0.2) is 5.65 Å². The van der Waals surface area contributed by atoms with Crippen molar-refractivity contribution in [1.82, 2.24) is 24.5 Å². The fourth-order valence-corrected chi connectivity index (χ4v) is 3.75. The summed E-state index contributed by atoms with van der Waals surface area (Å²) in [7, 11) is 2.96. The highest BCUT2D eigenvalue weighted by atomic mass is 19.4. The number of carbonyl (C=O) groups excluding carboxylic acids is 1. The number of aromatic nitrogens is 4. The number of pyridine rings is 1. The largest absolute Gasteiger partial charge is 0.481 e. The molecule has 31 heavy (non-hydrogen) atoms. The zero-order valence-electron chi connectivity index (χ0n) is 17.0. The second-order valence-electron chi connectivity index (χ2n) is 7.36. The number of carbonyl (C=O) groups is 1. The Morgan fingerprint density at radius 2 is 2.13 bits per heavy atom. The lowest BCUT2D eigenvalue weighted by Crippen LogP contribution is -2.40. The number of ether oxygens (including phenoxy) is 1. The molecule has 0 aromatic carbocycles. The van der Waals surface area contributed by atoms with Gasteiger partial charge in [-0.05, 0) is 24.6 Å². The first-order valence-electron chi connectivity index (χ1n) is 9.68. The molecule has 1 aliphatic rings. The minimum Gasteiger partial charge on any atom is -0.481 e. The summed E-state index contributed by atoms with van der Waals surface area (Å²) < 4.78 is 44.6. The number of amides is 1. The highest BCUT2D eigenvalue weighted by Crippen LogP contribution is 2.31. The maximum absolute atomic E-state index is 12.6. The van der Waals surface area contributed by atoms with Crippen LogP contribution in [0.25, 0.3) is 16.8 Å². The van der Waals surface area contributed by atoms with Crippen molar-refractivity contribution in [2.24, 2.45) is 0 Å². The summed E-state index contributed by atoms with van der Waals surface area (Å²) in [5.74, 6) is 0.191. The monoisotopic (exact) mass is 434 g/mol. The molecule has 4 rings (SSSR count). The van der Waals surface area contributed by atoms with Gasteiger partial charge in [0, 0.05) is 38.1 Å². The van der Waals surface area contributed by atoms with Crippen molar-refractivity contribution in [2.45, 2.75) is 25.1 Å². The van der Waals surface area contributed by atoms with Crippen LogP contribution in [0.15, 0.2) is 36.8 Å². The molecule has 0 spiro atoms. The van der Waals surface area contributed by atoms with Crippen LogP contribution in [0, 0.1) is 0 Å². The van der Waals surface area contributed by atoms with E-state index >= 15 is 0 Å². The van der Waals surface area contributed by atoms with Crippen LogP contribution in [-0.2, 0) is 4.79 Å². The Labute approximate surface area is 176 Å². The molecule has 0 N–H and O–H groups in total. The Morgan fingerprint density at radius 1 is 1.32 bits per heavy atom. The van der Waals surface area contributed by atoms with Crippen molar-refractivity contribution >= 4 is 17.4 Å². The predicted molar refractivity (Wildman–Crippen MR) is 107 cm³/mol. The van der Waals surface area contributed by atoms with E-state index in [1.165, 1.54) is 19.1 Å². The van der Waals surface area contributed by atoms with Gasteiger partial charge >= 0.3 is 6.18 Å². The lowest BCUT2D eigenvalue weighted by atomic mass is 10.1. The third-order valence-electron chi connectivity index (χ3n) is 5.39. The van der Waals surface area contributed by atoms with Gasteiger partial charge in [0.2, 0.25) is 11.8 Å². The first-order chi connectivity index (χ1) is 14.8.